The molecular formula is C22H26N4OS. The van der Waals surface area contributed by atoms with Gasteiger partial charge in [-0.2, -0.15) is 0 Å². The minimum absolute atomic E-state index is 0.0109. The minimum atomic E-state index is 0.0109. The van der Waals surface area contributed by atoms with Gasteiger partial charge in [0.2, 0.25) is 5.91 Å². The van der Waals surface area contributed by atoms with Crippen molar-refractivity contribution in [3.8, 4) is 11.3 Å². The molecule has 2 heterocycles. The Bertz CT molecular complexity index is 919. The van der Waals surface area contributed by atoms with Crippen molar-refractivity contribution >= 4 is 28.6 Å². The third kappa shape index (κ3) is 4.95. The van der Waals surface area contributed by atoms with Crippen LogP contribution in [0.2, 0.25) is 0 Å². The van der Waals surface area contributed by atoms with E-state index in [9.17, 15) is 4.79 Å². The molecule has 0 saturated heterocycles. The molecule has 0 radical (unpaired) electrons. The van der Waals surface area contributed by atoms with Crippen LogP contribution >= 0.6 is 11.3 Å². The van der Waals surface area contributed by atoms with Crippen LogP contribution in [0.5, 0.6) is 0 Å². The molecule has 6 heteroatoms. The van der Waals surface area contributed by atoms with E-state index in [-0.39, 0.29) is 5.91 Å². The highest BCUT2D eigenvalue weighted by atomic mass is 32.1. The number of thiazole rings is 1. The lowest BCUT2D eigenvalue weighted by Crippen LogP contribution is -2.22. The molecule has 0 fully saturated rings. The fraction of sp³-hybridized carbons (Fsp3) is 0.318. The zero-order valence-corrected chi connectivity index (χ0v) is 17.4. The Morgan fingerprint density at radius 3 is 2.71 bits per heavy atom. The van der Waals surface area contributed by atoms with Crippen LogP contribution in [0.25, 0.3) is 11.3 Å². The van der Waals surface area contributed by atoms with Gasteiger partial charge >= 0.3 is 0 Å². The van der Waals surface area contributed by atoms with Crippen LogP contribution in [0, 0.1) is 6.92 Å². The average Bonchev–Trinajstić information content (AvgIpc) is 3.19. The number of benzene rings is 1. The third-order valence-electron chi connectivity index (χ3n) is 4.69. The molecule has 3 rings (SSSR count). The van der Waals surface area contributed by atoms with Crippen LogP contribution in [0.15, 0.2) is 48.1 Å². The lowest BCUT2D eigenvalue weighted by Gasteiger charge is -2.22. The van der Waals surface area contributed by atoms with Gasteiger partial charge in [0.05, 0.1) is 10.7 Å². The Kier molecular flexibility index (Phi) is 6.76. The first-order chi connectivity index (χ1) is 13.6. The van der Waals surface area contributed by atoms with Crippen LogP contribution in [-0.4, -0.2) is 29.0 Å². The number of aromatic nitrogens is 2. The highest BCUT2D eigenvalue weighted by Gasteiger charge is 2.10. The van der Waals surface area contributed by atoms with Crippen molar-refractivity contribution in [2.45, 2.75) is 33.6 Å². The van der Waals surface area contributed by atoms with E-state index in [0.29, 0.717) is 12.8 Å². The molecule has 1 aromatic carbocycles. The summed E-state index contributed by atoms with van der Waals surface area (Å²) in [6.07, 6.45) is 4.60. The number of carbonyl (C=O) groups is 1. The fourth-order valence-electron chi connectivity index (χ4n) is 3.08. The van der Waals surface area contributed by atoms with Crippen molar-refractivity contribution in [2.24, 2.45) is 0 Å². The molecule has 2 aromatic heterocycles. The standard InChI is InChI=1S/C22H26N4OS/c1-4-26(5-2)18-8-9-19(16(3)13-18)24-21(27)10-11-22-25-20(15-28-22)17-7-6-12-23-14-17/h6-9,12-15H,4-5,10-11H2,1-3H3,(H,24,27). The second-order valence-electron chi connectivity index (χ2n) is 6.59. The van der Waals surface area contributed by atoms with Gasteiger partial charge in [0.15, 0.2) is 0 Å². The molecule has 1 N–H and O–H groups in total. The zero-order valence-electron chi connectivity index (χ0n) is 16.6. The topological polar surface area (TPSA) is 58.1 Å². The summed E-state index contributed by atoms with van der Waals surface area (Å²) in [7, 11) is 0. The summed E-state index contributed by atoms with van der Waals surface area (Å²) in [5.41, 5.74) is 5.04. The van der Waals surface area contributed by atoms with Crippen molar-refractivity contribution in [1.82, 2.24) is 9.97 Å². The minimum Gasteiger partial charge on any atom is -0.372 e. The fourth-order valence-corrected chi connectivity index (χ4v) is 3.89. The predicted molar refractivity (Wildman–Crippen MR) is 117 cm³/mol. The molecule has 0 aliphatic carbocycles. The summed E-state index contributed by atoms with van der Waals surface area (Å²) in [6.45, 7) is 8.26. The predicted octanol–water partition coefficient (Wildman–Crippen LogP) is 4.93. The molecule has 0 saturated carbocycles. The van der Waals surface area contributed by atoms with Crippen LogP contribution in [0.1, 0.15) is 30.8 Å². The molecular weight excluding hydrogens is 368 g/mol. The van der Waals surface area contributed by atoms with E-state index in [0.717, 1.165) is 40.6 Å². The smallest absolute Gasteiger partial charge is 0.224 e. The second kappa shape index (κ2) is 9.46. The summed E-state index contributed by atoms with van der Waals surface area (Å²) in [6, 6.07) is 10.1. The van der Waals surface area contributed by atoms with E-state index < -0.39 is 0 Å². The van der Waals surface area contributed by atoms with E-state index in [1.54, 1.807) is 23.7 Å². The number of hydrogen-bond donors (Lipinski definition) is 1. The number of aryl methyl sites for hydroxylation is 2. The summed E-state index contributed by atoms with van der Waals surface area (Å²) in [5, 5.41) is 6.01. The van der Waals surface area contributed by atoms with E-state index in [1.807, 2.05) is 30.5 Å². The first-order valence-corrected chi connectivity index (χ1v) is 10.5. The van der Waals surface area contributed by atoms with Gasteiger partial charge in [-0.15, -0.1) is 11.3 Å². The van der Waals surface area contributed by atoms with E-state index in [4.69, 9.17) is 0 Å². The van der Waals surface area contributed by atoms with Crippen molar-refractivity contribution in [2.75, 3.05) is 23.3 Å². The maximum absolute atomic E-state index is 12.4. The van der Waals surface area contributed by atoms with Gasteiger partial charge < -0.3 is 10.2 Å². The molecule has 146 valence electrons. The monoisotopic (exact) mass is 394 g/mol. The van der Waals surface area contributed by atoms with Gasteiger partial charge in [0, 0.05) is 60.6 Å². The van der Waals surface area contributed by atoms with Crippen molar-refractivity contribution in [3.05, 3.63) is 58.7 Å². The summed E-state index contributed by atoms with van der Waals surface area (Å²) in [5.74, 6) is 0.0109. The van der Waals surface area contributed by atoms with Gasteiger partial charge in [-0.05, 0) is 56.7 Å². The highest BCUT2D eigenvalue weighted by Crippen LogP contribution is 2.24. The molecule has 1 amide bonds. The van der Waals surface area contributed by atoms with Crippen molar-refractivity contribution < 1.29 is 4.79 Å². The SMILES string of the molecule is CCN(CC)c1ccc(NC(=O)CCc2nc(-c3cccnc3)cs2)c(C)c1. The maximum atomic E-state index is 12.4. The van der Waals surface area contributed by atoms with Gasteiger partial charge in [0.1, 0.15) is 0 Å². The first kappa shape index (κ1) is 20.0. The van der Waals surface area contributed by atoms with Gasteiger partial charge in [-0.25, -0.2) is 4.98 Å². The lowest BCUT2D eigenvalue weighted by molar-refractivity contribution is -0.116. The van der Waals surface area contributed by atoms with Gasteiger partial charge in [-0.3, -0.25) is 9.78 Å². The molecule has 0 aliphatic rings. The zero-order chi connectivity index (χ0) is 19.9. The molecule has 28 heavy (non-hydrogen) atoms. The Morgan fingerprint density at radius 1 is 1.21 bits per heavy atom. The van der Waals surface area contributed by atoms with Crippen LogP contribution in [0.4, 0.5) is 11.4 Å². The van der Waals surface area contributed by atoms with E-state index in [2.05, 4.69) is 46.2 Å². The molecule has 0 spiro atoms. The summed E-state index contributed by atoms with van der Waals surface area (Å²) in [4.78, 5) is 23.4. The Labute approximate surface area is 170 Å². The number of nitrogens with one attached hydrogen (secondary N) is 1. The van der Waals surface area contributed by atoms with Gasteiger partial charge in [0.25, 0.3) is 0 Å². The molecule has 5 nitrogen and oxygen atoms in total. The Morgan fingerprint density at radius 2 is 2.04 bits per heavy atom. The van der Waals surface area contributed by atoms with Crippen molar-refractivity contribution in [1.29, 1.82) is 0 Å². The Hall–Kier alpha value is -2.73. The molecule has 0 bridgehead atoms. The van der Waals surface area contributed by atoms with Crippen molar-refractivity contribution in [3.63, 3.8) is 0 Å². The number of anilines is 2. The largest absolute Gasteiger partial charge is 0.372 e. The third-order valence-corrected chi connectivity index (χ3v) is 5.60. The van der Waals surface area contributed by atoms with Gasteiger partial charge in [-0.1, -0.05) is 0 Å². The normalized spacial score (nSPS) is 10.7. The summed E-state index contributed by atoms with van der Waals surface area (Å²) >= 11 is 1.58. The molecule has 0 atom stereocenters. The van der Waals surface area contributed by atoms with Crippen LogP contribution in [0.3, 0.4) is 0 Å². The Balaban J connectivity index is 1.57. The number of pyridine rings is 1. The molecule has 3 aromatic rings. The quantitative estimate of drug-likeness (QED) is 0.588. The number of hydrogen-bond acceptors (Lipinski definition) is 5. The number of carbonyl (C=O) groups excluding carboxylic acids is 1. The lowest BCUT2D eigenvalue weighted by atomic mass is 10.1. The van der Waals surface area contributed by atoms with E-state index in [1.165, 1.54) is 5.69 Å². The average molecular weight is 395 g/mol. The summed E-state index contributed by atoms with van der Waals surface area (Å²) < 4.78 is 0. The van der Waals surface area contributed by atoms with E-state index >= 15 is 0 Å². The molecule has 0 aliphatic heterocycles. The number of rotatable bonds is 8. The van der Waals surface area contributed by atoms with Crippen LogP contribution in [-0.2, 0) is 11.2 Å². The highest BCUT2D eigenvalue weighted by molar-refractivity contribution is 7.09. The maximum Gasteiger partial charge on any atom is 0.224 e. The van der Waals surface area contributed by atoms with Crippen LogP contribution < -0.4 is 10.2 Å². The number of amides is 1. The number of nitrogens with zero attached hydrogens (tertiary/aromatic N) is 3. The first-order valence-electron chi connectivity index (χ1n) is 9.61. The second-order valence-corrected chi connectivity index (χ2v) is 7.53. The molecule has 0 unspecified atom stereocenters.